The van der Waals surface area contributed by atoms with Crippen molar-refractivity contribution < 1.29 is 41.8 Å². The normalized spacial score (nSPS) is 14.5. The van der Waals surface area contributed by atoms with Crippen molar-refractivity contribution in [3.05, 3.63) is 65.0 Å². The number of carbonyl (C=O) groups is 2. The van der Waals surface area contributed by atoms with Crippen molar-refractivity contribution in [2.75, 3.05) is 39.4 Å². The number of rotatable bonds is 9. The van der Waals surface area contributed by atoms with Crippen LogP contribution < -0.4 is 4.74 Å². The number of piperazine rings is 1. The Morgan fingerprint density at radius 3 is 2.19 bits per heavy atom. The summed E-state index contributed by atoms with van der Waals surface area (Å²) in [5.74, 6) is -0.986. The molecule has 0 aliphatic carbocycles. The number of carbonyl (C=O) groups excluding carboxylic acids is 2. The van der Waals surface area contributed by atoms with Crippen LogP contribution in [-0.4, -0.2) is 71.8 Å². The molecule has 200 valence electrons. The maximum Gasteiger partial charge on any atom is 0.416 e. The lowest BCUT2D eigenvalue weighted by atomic mass is 10.1. The van der Waals surface area contributed by atoms with Crippen molar-refractivity contribution in [3.63, 3.8) is 0 Å². The Kier molecular flexibility index (Phi) is 9.45. The predicted octanol–water partition coefficient (Wildman–Crippen LogP) is 3.22. The van der Waals surface area contributed by atoms with Gasteiger partial charge in [0, 0.05) is 31.7 Å². The third kappa shape index (κ3) is 7.66. The Morgan fingerprint density at radius 1 is 1.00 bits per heavy atom. The highest BCUT2D eigenvalue weighted by atomic mass is 19.4. The average Bonchev–Trinajstić information content (AvgIpc) is 2.89. The van der Waals surface area contributed by atoms with E-state index >= 15 is 0 Å². The molecule has 0 unspecified atom stereocenters. The van der Waals surface area contributed by atoms with E-state index in [1.54, 1.807) is 36.1 Å². The van der Waals surface area contributed by atoms with Gasteiger partial charge in [0.15, 0.2) is 6.61 Å². The van der Waals surface area contributed by atoms with Crippen molar-refractivity contribution in [3.8, 4) is 5.75 Å². The van der Waals surface area contributed by atoms with E-state index in [9.17, 15) is 27.2 Å². The summed E-state index contributed by atoms with van der Waals surface area (Å²) in [6.45, 7) is 1.88. The van der Waals surface area contributed by atoms with Crippen molar-refractivity contribution in [2.24, 2.45) is 5.16 Å². The number of alkyl halides is 3. The van der Waals surface area contributed by atoms with E-state index in [4.69, 9.17) is 14.7 Å². The number of amides is 2. The minimum absolute atomic E-state index is 0.194. The Balaban J connectivity index is 1.54. The van der Waals surface area contributed by atoms with Gasteiger partial charge in [-0.15, -0.1) is 0 Å². The van der Waals surface area contributed by atoms with Crippen molar-refractivity contribution in [1.82, 2.24) is 9.80 Å². The molecule has 0 bridgehead atoms. The molecule has 8 nitrogen and oxygen atoms in total. The zero-order valence-electron chi connectivity index (χ0n) is 20.1. The van der Waals surface area contributed by atoms with Crippen LogP contribution in [0.4, 0.5) is 17.6 Å². The number of aliphatic hydroxyl groups excluding tert-OH is 1. The largest absolute Gasteiger partial charge is 0.484 e. The van der Waals surface area contributed by atoms with Crippen LogP contribution in [0.2, 0.25) is 0 Å². The molecule has 0 radical (unpaired) electrons. The lowest BCUT2D eigenvalue weighted by molar-refractivity contribution is -0.142. The van der Waals surface area contributed by atoms with Gasteiger partial charge in [0.05, 0.1) is 11.3 Å². The van der Waals surface area contributed by atoms with Gasteiger partial charge in [0.2, 0.25) is 5.91 Å². The minimum atomic E-state index is -4.64. The van der Waals surface area contributed by atoms with Crippen LogP contribution in [0, 0.1) is 5.82 Å². The number of nitrogens with zero attached hydrogens (tertiary/aromatic N) is 3. The second-order valence-electron chi connectivity index (χ2n) is 8.20. The Bertz CT molecular complexity index is 1110. The van der Waals surface area contributed by atoms with Gasteiger partial charge < -0.3 is 24.5 Å². The molecular weight excluding hydrogens is 498 g/mol. The van der Waals surface area contributed by atoms with Crippen LogP contribution in [0.1, 0.15) is 30.0 Å². The van der Waals surface area contributed by atoms with Crippen LogP contribution in [0.3, 0.4) is 0 Å². The van der Waals surface area contributed by atoms with Crippen LogP contribution in [0.5, 0.6) is 5.75 Å². The molecule has 2 aromatic rings. The lowest BCUT2D eigenvalue weighted by Gasteiger charge is -2.34. The molecule has 12 heteroatoms. The van der Waals surface area contributed by atoms with Crippen molar-refractivity contribution in [1.29, 1.82) is 0 Å². The van der Waals surface area contributed by atoms with E-state index in [-0.39, 0.29) is 24.0 Å². The molecule has 1 heterocycles. The molecule has 1 N–H and O–H groups in total. The summed E-state index contributed by atoms with van der Waals surface area (Å²) >= 11 is 0. The summed E-state index contributed by atoms with van der Waals surface area (Å²) in [6.07, 6.45) is -4.23. The monoisotopic (exact) mass is 525 g/mol. The topological polar surface area (TPSA) is 91.7 Å². The fraction of sp³-hybridized carbons (Fsp3) is 0.400. The summed E-state index contributed by atoms with van der Waals surface area (Å²) in [6, 6.07) is 8.78. The Hall–Kier alpha value is -3.67. The summed E-state index contributed by atoms with van der Waals surface area (Å²) < 4.78 is 58.4. The van der Waals surface area contributed by atoms with Crippen LogP contribution >= 0.6 is 0 Å². The number of benzene rings is 2. The Labute approximate surface area is 211 Å². The van der Waals surface area contributed by atoms with Gasteiger partial charge >= 0.3 is 6.18 Å². The smallest absolute Gasteiger partial charge is 0.416 e. The molecule has 1 saturated heterocycles. The molecule has 0 spiro atoms. The number of hydrogen-bond donors (Lipinski definition) is 1. The minimum Gasteiger partial charge on any atom is -0.484 e. The predicted molar refractivity (Wildman–Crippen MR) is 125 cm³/mol. The summed E-state index contributed by atoms with van der Waals surface area (Å²) in [5, 5.41) is 12.9. The highest BCUT2D eigenvalue weighted by Gasteiger charge is 2.33. The second-order valence-corrected chi connectivity index (χ2v) is 8.20. The fourth-order valence-corrected chi connectivity index (χ4v) is 3.74. The van der Waals surface area contributed by atoms with Crippen molar-refractivity contribution >= 4 is 17.5 Å². The van der Waals surface area contributed by atoms with E-state index in [1.165, 1.54) is 4.90 Å². The van der Waals surface area contributed by atoms with Gasteiger partial charge in [0.1, 0.15) is 24.8 Å². The molecule has 1 aliphatic heterocycles. The van der Waals surface area contributed by atoms with Crippen molar-refractivity contribution in [2.45, 2.75) is 26.1 Å². The zero-order valence-corrected chi connectivity index (χ0v) is 20.1. The molecule has 0 atom stereocenters. The molecule has 0 aromatic heterocycles. The van der Waals surface area contributed by atoms with Gasteiger partial charge in [-0.3, -0.25) is 9.59 Å². The first-order valence-corrected chi connectivity index (χ1v) is 11.6. The number of ether oxygens (including phenoxy) is 1. The van der Waals surface area contributed by atoms with Gasteiger partial charge in [-0.25, -0.2) is 4.39 Å². The average molecular weight is 525 g/mol. The fourth-order valence-electron chi connectivity index (χ4n) is 3.74. The maximum absolute atomic E-state index is 13.4. The first-order valence-electron chi connectivity index (χ1n) is 11.6. The van der Waals surface area contributed by atoms with E-state index in [1.807, 2.05) is 0 Å². The second kappa shape index (κ2) is 12.5. The number of aliphatic hydroxyl groups is 1. The van der Waals surface area contributed by atoms with E-state index in [0.29, 0.717) is 55.7 Å². The highest BCUT2D eigenvalue weighted by molar-refractivity contribution is 6.00. The summed E-state index contributed by atoms with van der Waals surface area (Å²) in [7, 11) is 0. The molecular formula is C25H27F4N3O5. The SMILES string of the molecule is CC/C(=N/OCc1cc(F)ccc1C(F)(F)F)c1ccc(OCC(=O)N2CCN(C(=O)CO)CC2)cc1. The molecule has 1 aliphatic rings. The van der Waals surface area contributed by atoms with E-state index in [0.717, 1.165) is 12.1 Å². The first-order chi connectivity index (χ1) is 17.6. The molecule has 0 saturated carbocycles. The van der Waals surface area contributed by atoms with E-state index in [2.05, 4.69) is 5.16 Å². The lowest BCUT2D eigenvalue weighted by Crippen LogP contribution is -2.52. The van der Waals surface area contributed by atoms with Gasteiger partial charge in [0.25, 0.3) is 5.91 Å². The highest BCUT2D eigenvalue weighted by Crippen LogP contribution is 2.32. The molecule has 37 heavy (non-hydrogen) atoms. The van der Waals surface area contributed by atoms with Crippen LogP contribution in [0.15, 0.2) is 47.6 Å². The van der Waals surface area contributed by atoms with E-state index < -0.39 is 30.8 Å². The number of hydrogen-bond acceptors (Lipinski definition) is 6. The maximum atomic E-state index is 13.4. The molecule has 2 aromatic carbocycles. The zero-order chi connectivity index (χ0) is 27.0. The first kappa shape index (κ1) is 27.9. The van der Waals surface area contributed by atoms with Crippen LogP contribution in [-0.2, 0) is 27.2 Å². The number of halogens is 4. The third-order valence-corrected chi connectivity index (χ3v) is 5.77. The third-order valence-electron chi connectivity index (χ3n) is 5.77. The molecule has 2 amide bonds. The van der Waals surface area contributed by atoms with Gasteiger partial charge in [-0.05, 0) is 54.4 Å². The van der Waals surface area contributed by atoms with Gasteiger partial charge in [-0.2, -0.15) is 13.2 Å². The summed E-state index contributed by atoms with van der Waals surface area (Å²) in [5.41, 5.74) is -0.246. The molecule has 3 rings (SSSR count). The quantitative estimate of drug-likeness (QED) is 0.309. The van der Waals surface area contributed by atoms with Gasteiger partial charge in [-0.1, -0.05) is 12.1 Å². The summed E-state index contributed by atoms with van der Waals surface area (Å²) in [4.78, 5) is 32.1. The molecule has 1 fully saturated rings. The Morgan fingerprint density at radius 2 is 1.62 bits per heavy atom. The number of oxime groups is 1. The van der Waals surface area contributed by atoms with Crippen LogP contribution in [0.25, 0.3) is 0 Å². The standard InChI is InChI=1S/C25H27F4N3O5/c1-2-22(30-37-15-18-13-19(26)5-8-21(18)25(27,28)29)17-3-6-20(7-4-17)36-16-24(35)32-11-9-31(10-12-32)23(34)14-33/h3-8,13,33H,2,9-12,14-16H2,1H3/b30-22-.